The summed E-state index contributed by atoms with van der Waals surface area (Å²) in [6.45, 7) is 0.548. The fourth-order valence-electron chi connectivity index (χ4n) is 3.10. The van der Waals surface area contributed by atoms with Crippen LogP contribution in [0, 0.1) is 5.82 Å². The maximum atomic E-state index is 13.6. The molecule has 3 rings (SSSR count). The fourth-order valence-corrected chi connectivity index (χ4v) is 4.57. The van der Waals surface area contributed by atoms with Crippen LogP contribution in [-0.4, -0.2) is 47.3 Å². The lowest BCUT2D eigenvalue weighted by molar-refractivity contribution is -0.126. The molecule has 3 aromatic rings. The van der Waals surface area contributed by atoms with Gasteiger partial charge in [0.15, 0.2) is 5.69 Å². The van der Waals surface area contributed by atoms with Gasteiger partial charge in [0, 0.05) is 18.5 Å². The minimum absolute atomic E-state index is 0.0165. The number of aromatic nitrogens is 1. The largest absolute Gasteiger partial charge is 0.395 e. The van der Waals surface area contributed by atoms with E-state index in [4.69, 9.17) is 16.2 Å². The van der Waals surface area contributed by atoms with E-state index in [-0.39, 0.29) is 36.0 Å². The number of thiophene rings is 1. The summed E-state index contributed by atoms with van der Waals surface area (Å²) in [6.07, 6.45) is 0. The first kappa shape index (κ1) is 24.3. The highest BCUT2D eigenvalue weighted by atomic mass is 32.1. The lowest BCUT2D eigenvalue weighted by Crippen LogP contribution is -2.44. The van der Waals surface area contributed by atoms with Gasteiger partial charge in [-0.25, -0.2) is 4.39 Å². The zero-order chi connectivity index (χ0) is 24.0. The summed E-state index contributed by atoms with van der Waals surface area (Å²) < 4.78 is 22.5. The van der Waals surface area contributed by atoms with E-state index in [0.29, 0.717) is 5.56 Å². The monoisotopic (exact) mass is 491 g/mol. The molecule has 0 saturated heterocycles. The van der Waals surface area contributed by atoms with Crippen LogP contribution in [0.4, 0.5) is 10.1 Å². The van der Waals surface area contributed by atoms with Crippen LogP contribution >= 0.6 is 22.9 Å². The molecule has 0 radical (unpaired) electrons. The van der Waals surface area contributed by atoms with Crippen LogP contribution in [0.15, 0.2) is 41.8 Å². The van der Waals surface area contributed by atoms with E-state index >= 15 is 0 Å². The van der Waals surface area contributed by atoms with Crippen LogP contribution in [0.25, 0.3) is 0 Å². The number of nitrogens with two attached hydrogens (primary N) is 2. The summed E-state index contributed by atoms with van der Waals surface area (Å²) in [5, 5.41) is 4.58. The Bertz CT molecular complexity index is 1120. The topological polar surface area (TPSA) is 141 Å². The van der Waals surface area contributed by atoms with Crippen LogP contribution in [0.5, 0.6) is 0 Å². The Balaban J connectivity index is 2.07. The minimum atomic E-state index is -1.12. The molecule has 0 aliphatic carbocycles. The highest BCUT2D eigenvalue weighted by Crippen LogP contribution is 2.31. The molecule has 174 valence electrons. The van der Waals surface area contributed by atoms with Gasteiger partial charge in [0.2, 0.25) is 5.91 Å². The van der Waals surface area contributed by atoms with Crippen molar-refractivity contribution in [2.24, 2.45) is 5.73 Å². The summed E-state index contributed by atoms with van der Waals surface area (Å²) in [7, 11) is 1.50. The molecule has 0 spiro atoms. The summed E-state index contributed by atoms with van der Waals surface area (Å²) in [6, 6.07) is 7.83. The predicted molar refractivity (Wildman–Crippen MR) is 123 cm³/mol. The number of ether oxygens (including phenoxy) is 1. The van der Waals surface area contributed by atoms with Gasteiger partial charge in [0.1, 0.15) is 16.7 Å². The molecule has 5 N–H and O–H groups in total. The number of carbonyl (C=O) groups is 3. The van der Waals surface area contributed by atoms with Crippen molar-refractivity contribution < 1.29 is 23.5 Å². The fraction of sp³-hybridized carbons (Fsp3) is 0.238. The van der Waals surface area contributed by atoms with E-state index < -0.39 is 29.6 Å². The van der Waals surface area contributed by atoms with Gasteiger partial charge in [-0.1, -0.05) is 18.2 Å². The third-order valence-corrected chi connectivity index (χ3v) is 6.39. The molecule has 2 heterocycles. The van der Waals surface area contributed by atoms with E-state index in [9.17, 15) is 18.8 Å². The van der Waals surface area contributed by atoms with E-state index in [1.54, 1.807) is 0 Å². The second kappa shape index (κ2) is 11.0. The number of nitrogen functional groups attached to an aromatic ring is 1. The van der Waals surface area contributed by atoms with Crippen molar-refractivity contribution in [1.82, 2.24) is 14.6 Å². The van der Waals surface area contributed by atoms with E-state index in [1.165, 1.54) is 47.6 Å². The third-order valence-electron chi connectivity index (χ3n) is 4.67. The molecule has 33 heavy (non-hydrogen) atoms. The molecule has 0 aliphatic rings. The molecule has 1 atom stereocenters. The first-order valence-electron chi connectivity index (χ1n) is 9.73. The van der Waals surface area contributed by atoms with Gasteiger partial charge >= 0.3 is 0 Å². The van der Waals surface area contributed by atoms with E-state index in [2.05, 4.69) is 9.69 Å². The Labute approximate surface area is 197 Å². The van der Waals surface area contributed by atoms with Crippen LogP contribution in [0.3, 0.4) is 0 Å². The first-order valence-corrected chi connectivity index (χ1v) is 11.4. The molecule has 0 saturated carbocycles. The Kier molecular flexibility index (Phi) is 8.09. The van der Waals surface area contributed by atoms with Crippen LogP contribution in [0.2, 0.25) is 0 Å². The molecular formula is C21H22FN5O4S2. The molecule has 2 aromatic heterocycles. The Hall–Kier alpha value is -3.35. The molecule has 9 nitrogen and oxygen atoms in total. The number of nitrogens with zero attached hydrogens (tertiary/aromatic N) is 2. The summed E-state index contributed by atoms with van der Waals surface area (Å²) in [5.41, 5.74) is 11.3. The van der Waals surface area contributed by atoms with Gasteiger partial charge in [-0.3, -0.25) is 14.4 Å². The normalized spacial score (nSPS) is 11.7. The molecule has 12 heteroatoms. The molecule has 0 bridgehead atoms. The van der Waals surface area contributed by atoms with Gasteiger partial charge in [0.05, 0.1) is 18.8 Å². The van der Waals surface area contributed by atoms with Crippen molar-refractivity contribution in [3.8, 4) is 0 Å². The Morgan fingerprint density at radius 2 is 1.97 bits per heavy atom. The van der Waals surface area contributed by atoms with Crippen molar-refractivity contribution in [1.29, 1.82) is 0 Å². The number of benzene rings is 1. The standard InChI is InChI=1S/C21H22FN5O4S2/c1-31-9-8-25-20(29)17(12-4-6-13(22)7-5-12)27(11-14-3-2-10-32-14)21(30)18-15(23)16(19(24)28)26-33-18/h2-7,10,17H,8-9,11,23H2,1H3,(H2,24,28)(H,25,29). The van der Waals surface area contributed by atoms with Crippen molar-refractivity contribution in [3.05, 3.63) is 68.6 Å². The Morgan fingerprint density at radius 1 is 1.24 bits per heavy atom. The second-order valence-electron chi connectivity index (χ2n) is 6.89. The number of anilines is 1. The zero-order valence-corrected chi connectivity index (χ0v) is 19.2. The van der Waals surface area contributed by atoms with Gasteiger partial charge < -0.3 is 26.4 Å². The van der Waals surface area contributed by atoms with Gasteiger partial charge in [-0.15, -0.1) is 11.3 Å². The molecule has 1 aromatic carbocycles. The Morgan fingerprint density at radius 3 is 2.55 bits per heavy atom. The number of primary amides is 1. The quantitative estimate of drug-likeness (QED) is 0.371. The maximum absolute atomic E-state index is 13.6. The van der Waals surface area contributed by atoms with Crippen molar-refractivity contribution in [2.75, 3.05) is 26.0 Å². The van der Waals surface area contributed by atoms with Gasteiger partial charge in [-0.05, 0) is 40.7 Å². The molecule has 3 amide bonds. The number of hydrogen-bond acceptors (Lipinski definition) is 8. The van der Waals surface area contributed by atoms with Gasteiger partial charge in [0.25, 0.3) is 11.8 Å². The first-order chi connectivity index (χ1) is 15.8. The predicted octanol–water partition coefficient (Wildman–Crippen LogP) is 2.17. The number of halogens is 1. The maximum Gasteiger partial charge on any atom is 0.270 e. The summed E-state index contributed by atoms with van der Waals surface area (Å²) >= 11 is 2.13. The average Bonchev–Trinajstić information content (AvgIpc) is 3.44. The molecule has 0 fully saturated rings. The second-order valence-corrected chi connectivity index (χ2v) is 8.69. The zero-order valence-electron chi connectivity index (χ0n) is 17.6. The van der Waals surface area contributed by atoms with E-state index in [1.807, 2.05) is 17.5 Å². The highest BCUT2D eigenvalue weighted by Gasteiger charge is 2.35. The van der Waals surface area contributed by atoms with Crippen LogP contribution in [0.1, 0.15) is 36.6 Å². The van der Waals surface area contributed by atoms with Crippen LogP contribution in [-0.2, 0) is 16.1 Å². The number of rotatable bonds is 10. The summed E-state index contributed by atoms with van der Waals surface area (Å²) in [4.78, 5) is 40.6. The number of amides is 3. The average molecular weight is 492 g/mol. The van der Waals surface area contributed by atoms with Crippen LogP contribution < -0.4 is 16.8 Å². The van der Waals surface area contributed by atoms with Crippen molar-refractivity contribution >= 4 is 46.3 Å². The third kappa shape index (κ3) is 5.72. The number of hydrogen-bond donors (Lipinski definition) is 3. The van der Waals surface area contributed by atoms with Crippen molar-refractivity contribution in [3.63, 3.8) is 0 Å². The lowest BCUT2D eigenvalue weighted by atomic mass is 10.0. The minimum Gasteiger partial charge on any atom is -0.395 e. The van der Waals surface area contributed by atoms with Gasteiger partial charge in [-0.2, -0.15) is 4.37 Å². The van der Waals surface area contributed by atoms with Crippen molar-refractivity contribution in [2.45, 2.75) is 12.6 Å². The molecular weight excluding hydrogens is 469 g/mol. The number of carbonyl (C=O) groups excluding carboxylic acids is 3. The highest BCUT2D eigenvalue weighted by molar-refractivity contribution is 7.10. The molecule has 1 unspecified atom stereocenters. The molecule has 0 aliphatic heterocycles. The number of methoxy groups -OCH3 is 1. The number of nitrogens with one attached hydrogen (secondary N) is 1. The van der Waals surface area contributed by atoms with E-state index in [0.717, 1.165) is 16.4 Å². The smallest absolute Gasteiger partial charge is 0.270 e. The lowest BCUT2D eigenvalue weighted by Gasteiger charge is -2.31. The SMILES string of the molecule is COCCNC(=O)C(c1ccc(F)cc1)N(Cc1cccs1)C(=O)c1snc(C(N)=O)c1N. The summed E-state index contributed by atoms with van der Waals surface area (Å²) in [5.74, 6) is -2.44.